The molecule has 0 saturated heterocycles. The number of allylic oxidation sites excluding steroid dienone is 3. The fraction of sp³-hybridized carbons (Fsp3) is 0.125. The Balaban J connectivity index is 2.56. The van der Waals surface area contributed by atoms with Gasteiger partial charge in [-0.3, -0.25) is 0 Å². The molecule has 4 nitrogen and oxygen atoms in total. The van der Waals surface area contributed by atoms with Crippen LogP contribution in [0.2, 0.25) is 0 Å². The SMILES string of the molecule is C/C=C/C=C/COC(=O)C(/C=C/c1ccccc1)=[N+]=[N-]. The topological polar surface area (TPSA) is 62.7 Å². The average Bonchev–Trinajstić information content (AvgIpc) is 2.48. The van der Waals surface area contributed by atoms with E-state index in [1.165, 1.54) is 6.08 Å². The molecule has 0 spiro atoms. The number of benzene rings is 1. The molecule has 0 bridgehead atoms. The molecule has 0 aromatic heterocycles. The van der Waals surface area contributed by atoms with E-state index in [0.29, 0.717) is 0 Å². The van der Waals surface area contributed by atoms with E-state index in [0.717, 1.165) is 5.56 Å². The van der Waals surface area contributed by atoms with Crippen molar-refractivity contribution in [2.24, 2.45) is 0 Å². The largest absolute Gasteiger partial charge is 0.453 e. The zero-order chi connectivity index (χ0) is 14.6. The number of hydrogen-bond donors (Lipinski definition) is 0. The van der Waals surface area contributed by atoms with Crippen molar-refractivity contribution >= 4 is 17.8 Å². The summed E-state index contributed by atoms with van der Waals surface area (Å²) in [5.74, 6) is -0.676. The third-order valence-corrected chi connectivity index (χ3v) is 2.30. The maximum absolute atomic E-state index is 11.6. The highest BCUT2D eigenvalue weighted by Crippen LogP contribution is 2.01. The van der Waals surface area contributed by atoms with Crippen molar-refractivity contribution in [2.75, 3.05) is 6.61 Å². The molecule has 1 rings (SSSR count). The summed E-state index contributed by atoms with van der Waals surface area (Å²) >= 11 is 0. The van der Waals surface area contributed by atoms with E-state index in [-0.39, 0.29) is 12.3 Å². The van der Waals surface area contributed by atoms with E-state index < -0.39 is 5.97 Å². The van der Waals surface area contributed by atoms with Gasteiger partial charge in [0, 0.05) is 6.08 Å². The lowest BCUT2D eigenvalue weighted by Crippen LogP contribution is -2.16. The van der Waals surface area contributed by atoms with Crippen LogP contribution in [0.4, 0.5) is 0 Å². The van der Waals surface area contributed by atoms with Crippen LogP contribution in [0.3, 0.4) is 0 Å². The molecule has 0 aliphatic heterocycles. The van der Waals surface area contributed by atoms with Gasteiger partial charge in [-0.25, -0.2) is 4.79 Å². The predicted octanol–water partition coefficient (Wildman–Crippen LogP) is 3.05. The Morgan fingerprint density at radius 2 is 2.05 bits per heavy atom. The monoisotopic (exact) mass is 268 g/mol. The molecule has 0 N–H and O–H groups in total. The number of esters is 1. The van der Waals surface area contributed by atoms with Crippen molar-refractivity contribution in [3.63, 3.8) is 0 Å². The third kappa shape index (κ3) is 5.76. The molecule has 1 aromatic carbocycles. The number of hydrogen-bond acceptors (Lipinski definition) is 2. The van der Waals surface area contributed by atoms with Gasteiger partial charge < -0.3 is 10.3 Å². The summed E-state index contributed by atoms with van der Waals surface area (Å²) in [5.41, 5.74) is 9.57. The molecule has 0 radical (unpaired) electrons. The summed E-state index contributed by atoms with van der Waals surface area (Å²) in [7, 11) is 0. The van der Waals surface area contributed by atoms with Crippen LogP contribution in [0.25, 0.3) is 11.6 Å². The minimum atomic E-state index is -0.676. The molecule has 1 aromatic rings. The second kappa shape index (κ2) is 9.25. The molecule has 0 fully saturated rings. The van der Waals surface area contributed by atoms with Crippen LogP contribution in [0, 0.1) is 0 Å². The summed E-state index contributed by atoms with van der Waals surface area (Å²) in [6.07, 6.45) is 10.2. The Morgan fingerprint density at radius 1 is 1.30 bits per heavy atom. The van der Waals surface area contributed by atoms with E-state index in [4.69, 9.17) is 10.3 Å². The molecule has 0 atom stereocenters. The maximum Gasteiger partial charge on any atom is 0.421 e. The van der Waals surface area contributed by atoms with Crippen LogP contribution in [0.1, 0.15) is 12.5 Å². The first-order chi connectivity index (χ1) is 9.77. The Kier molecular flexibility index (Phi) is 7.10. The van der Waals surface area contributed by atoms with E-state index in [2.05, 4.69) is 4.79 Å². The van der Waals surface area contributed by atoms with Gasteiger partial charge >= 0.3 is 11.7 Å². The Bertz CT molecular complexity index is 565. The summed E-state index contributed by atoms with van der Waals surface area (Å²) in [5, 5.41) is 0. The summed E-state index contributed by atoms with van der Waals surface area (Å²) in [6.45, 7) is 2.02. The average molecular weight is 268 g/mol. The Morgan fingerprint density at radius 3 is 2.70 bits per heavy atom. The molecule has 0 aliphatic carbocycles. The third-order valence-electron chi connectivity index (χ3n) is 2.30. The van der Waals surface area contributed by atoms with Gasteiger partial charge in [0.25, 0.3) is 0 Å². The quantitative estimate of drug-likeness (QED) is 0.262. The second-order valence-electron chi connectivity index (χ2n) is 3.78. The van der Waals surface area contributed by atoms with Gasteiger partial charge in [0.15, 0.2) is 0 Å². The normalized spacial score (nSPS) is 11.1. The molecule has 0 amide bonds. The highest BCUT2D eigenvalue weighted by atomic mass is 16.5. The van der Waals surface area contributed by atoms with Crippen LogP contribution < -0.4 is 0 Å². The fourth-order valence-electron chi connectivity index (χ4n) is 1.32. The maximum atomic E-state index is 11.6. The van der Waals surface area contributed by atoms with Crippen LogP contribution in [-0.4, -0.2) is 23.1 Å². The van der Waals surface area contributed by atoms with Crippen molar-refractivity contribution in [2.45, 2.75) is 6.92 Å². The zero-order valence-electron chi connectivity index (χ0n) is 11.3. The highest BCUT2D eigenvalue weighted by Gasteiger charge is 2.17. The lowest BCUT2D eigenvalue weighted by molar-refractivity contribution is -0.138. The first-order valence-corrected chi connectivity index (χ1v) is 6.18. The molecule has 0 aliphatic rings. The molecule has 20 heavy (non-hydrogen) atoms. The van der Waals surface area contributed by atoms with Crippen molar-refractivity contribution in [3.8, 4) is 0 Å². The Labute approximate surface area is 118 Å². The van der Waals surface area contributed by atoms with Gasteiger partial charge in [-0.15, -0.1) is 0 Å². The molecular weight excluding hydrogens is 252 g/mol. The van der Waals surface area contributed by atoms with E-state index in [1.54, 1.807) is 18.2 Å². The van der Waals surface area contributed by atoms with Gasteiger partial charge in [0.05, 0.1) is 0 Å². The fourth-order valence-corrected chi connectivity index (χ4v) is 1.32. The minimum absolute atomic E-state index is 0.126. The van der Waals surface area contributed by atoms with Gasteiger partial charge in [-0.2, -0.15) is 4.79 Å². The standard InChI is InChI=1S/C16H16N2O2/c1-2-3-4-8-13-20-16(19)15(18-17)12-11-14-9-6-5-7-10-14/h2-12H,13H2,1H3/b3-2+,8-4+,12-11+. The smallest absolute Gasteiger partial charge is 0.421 e. The second-order valence-corrected chi connectivity index (χ2v) is 3.78. The summed E-state index contributed by atoms with van der Waals surface area (Å²) < 4.78 is 4.93. The number of carbonyl (C=O) groups is 1. The predicted molar refractivity (Wildman–Crippen MR) is 79.0 cm³/mol. The lowest BCUT2D eigenvalue weighted by Gasteiger charge is -1.95. The molecule has 0 saturated carbocycles. The van der Waals surface area contributed by atoms with Crippen LogP contribution in [-0.2, 0) is 9.53 Å². The van der Waals surface area contributed by atoms with E-state index in [1.807, 2.05) is 49.4 Å². The molecule has 4 heteroatoms. The van der Waals surface area contributed by atoms with Crippen LogP contribution in [0.5, 0.6) is 0 Å². The first kappa shape index (κ1) is 15.3. The van der Waals surface area contributed by atoms with E-state index in [9.17, 15) is 4.79 Å². The van der Waals surface area contributed by atoms with E-state index >= 15 is 0 Å². The van der Waals surface area contributed by atoms with Crippen LogP contribution >= 0.6 is 0 Å². The van der Waals surface area contributed by atoms with Gasteiger partial charge in [0.1, 0.15) is 6.61 Å². The molecular formula is C16H16N2O2. The summed E-state index contributed by atoms with van der Waals surface area (Å²) in [4.78, 5) is 14.5. The number of nitrogens with zero attached hydrogens (tertiary/aromatic N) is 2. The van der Waals surface area contributed by atoms with Gasteiger partial charge in [0.2, 0.25) is 0 Å². The number of rotatable bonds is 6. The highest BCUT2D eigenvalue weighted by molar-refractivity contribution is 6.39. The summed E-state index contributed by atoms with van der Waals surface area (Å²) in [6, 6.07) is 9.39. The van der Waals surface area contributed by atoms with Gasteiger partial charge in [-0.1, -0.05) is 48.6 Å². The van der Waals surface area contributed by atoms with Crippen LogP contribution in [0.15, 0.2) is 60.7 Å². The van der Waals surface area contributed by atoms with Crippen molar-refractivity contribution in [1.82, 2.24) is 0 Å². The zero-order valence-corrected chi connectivity index (χ0v) is 11.3. The Hall–Kier alpha value is -2.71. The molecule has 102 valence electrons. The number of carbonyl (C=O) groups excluding carboxylic acids is 1. The first-order valence-electron chi connectivity index (χ1n) is 6.18. The van der Waals surface area contributed by atoms with Crippen molar-refractivity contribution in [1.29, 1.82) is 0 Å². The lowest BCUT2D eigenvalue weighted by atomic mass is 10.2. The van der Waals surface area contributed by atoms with Crippen molar-refractivity contribution < 1.29 is 14.3 Å². The van der Waals surface area contributed by atoms with Gasteiger partial charge in [-0.05, 0) is 24.6 Å². The minimum Gasteiger partial charge on any atom is -0.453 e. The number of ether oxygens (including phenoxy) is 1. The molecule has 0 unspecified atom stereocenters. The molecule has 0 heterocycles. The van der Waals surface area contributed by atoms with Crippen molar-refractivity contribution in [3.05, 3.63) is 71.8 Å².